The molecule has 0 saturated heterocycles. The molecule has 10 nitrogen and oxygen atoms in total. The molecule has 0 spiro atoms. The van der Waals surface area contributed by atoms with Crippen molar-refractivity contribution in [3.8, 4) is 22.9 Å². The highest BCUT2D eigenvalue weighted by molar-refractivity contribution is 7.89. The summed E-state index contributed by atoms with van der Waals surface area (Å²) in [6.45, 7) is 4.48. The zero-order valence-electron chi connectivity index (χ0n) is 18.9. The molecule has 0 atom stereocenters. The molecule has 0 aliphatic carbocycles. The SMILES string of the molecule is CCNC(=O)c1cc(S(=O)(=O)N(C)Cc2nc(-c3ccc(OCC)cc3)no2)ccc1OC. The Hall–Kier alpha value is -3.44. The first-order valence-electron chi connectivity index (χ1n) is 10.3. The second kappa shape index (κ2) is 10.5. The van der Waals surface area contributed by atoms with Gasteiger partial charge in [0.2, 0.25) is 21.7 Å². The summed E-state index contributed by atoms with van der Waals surface area (Å²) < 4.78 is 43.1. The molecule has 1 N–H and O–H groups in total. The molecular formula is C22H26N4O6S. The molecular weight excluding hydrogens is 448 g/mol. The number of rotatable bonds is 10. The van der Waals surface area contributed by atoms with Gasteiger partial charge in [0.1, 0.15) is 11.5 Å². The summed E-state index contributed by atoms with van der Waals surface area (Å²) in [5, 5.41) is 6.58. The molecule has 1 heterocycles. The third kappa shape index (κ3) is 5.49. The predicted octanol–water partition coefficient (Wildman–Crippen LogP) is 2.71. The number of nitrogens with one attached hydrogen (secondary N) is 1. The third-order valence-corrected chi connectivity index (χ3v) is 6.51. The van der Waals surface area contributed by atoms with Crippen LogP contribution in [0.4, 0.5) is 0 Å². The highest BCUT2D eigenvalue weighted by atomic mass is 32.2. The van der Waals surface area contributed by atoms with E-state index >= 15 is 0 Å². The molecule has 1 amide bonds. The van der Waals surface area contributed by atoms with Gasteiger partial charge in [0.05, 0.1) is 30.7 Å². The number of aromatic nitrogens is 2. The van der Waals surface area contributed by atoms with Gasteiger partial charge in [0.25, 0.3) is 5.91 Å². The smallest absolute Gasteiger partial charge is 0.255 e. The first kappa shape index (κ1) is 24.2. The summed E-state index contributed by atoms with van der Waals surface area (Å²) in [6, 6.07) is 11.3. The van der Waals surface area contributed by atoms with Crippen molar-refractivity contribution in [1.29, 1.82) is 0 Å². The number of amides is 1. The van der Waals surface area contributed by atoms with Crippen LogP contribution in [0.1, 0.15) is 30.1 Å². The molecule has 3 rings (SSSR count). The maximum Gasteiger partial charge on any atom is 0.255 e. The van der Waals surface area contributed by atoms with Crippen LogP contribution in [0, 0.1) is 0 Å². The number of carbonyl (C=O) groups excluding carboxylic acids is 1. The van der Waals surface area contributed by atoms with E-state index in [1.54, 1.807) is 31.2 Å². The Morgan fingerprint density at radius 2 is 1.88 bits per heavy atom. The van der Waals surface area contributed by atoms with Gasteiger partial charge in [0, 0.05) is 19.2 Å². The van der Waals surface area contributed by atoms with E-state index in [4.69, 9.17) is 14.0 Å². The molecule has 0 aliphatic rings. The van der Waals surface area contributed by atoms with Crippen molar-refractivity contribution < 1.29 is 27.2 Å². The Morgan fingerprint density at radius 3 is 2.52 bits per heavy atom. The molecule has 0 saturated carbocycles. The van der Waals surface area contributed by atoms with E-state index in [2.05, 4.69) is 15.5 Å². The van der Waals surface area contributed by atoms with Crippen LogP contribution in [-0.2, 0) is 16.6 Å². The zero-order chi connectivity index (χ0) is 24.0. The lowest BCUT2D eigenvalue weighted by molar-refractivity contribution is 0.0952. The van der Waals surface area contributed by atoms with Gasteiger partial charge in [-0.2, -0.15) is 9.29 Å². The lowest BCUT2D eigenvalue weighted by atomic mass is 10.2. The van der Waals surface area contributed by atoms with Crippen LogP contribution in [0.5, 0.6) is 11.5 Å². The summed E-state index contributed by atoms with van der Waals surface area (Å²) in [6.07, 6.45) is 0. The van der Waals surface area contributed by atoms with Gasteiger partial charge in [0.15, 0.2) is 0 Å². The van der Waals surface area contributed by atoms with E-state index < -0.39 is 15.9 Å². The third-order valence-electron chi connectivity index (χ3n) is 4.71. The van der Waals surface area contributed by atoms with Crippen molar-refractivity contribution in [1.82, 2.24) is 19.8 Å². The van der Waals surface area contributed by atoms with Crippen LogP contribution in [0.3, 0.4) is 0 Å². The van der Waals surface area contributed by atoms with Gasteiger partial charge >= 0.3 is 0 Å². The molecule has 11 heteroatoms. The highest BCUT2D eigenvalue weighted by Crippen LogP contribution is 2.25. The summed E-state index contributed by atoms with van der Waals surface area (Å²) in [5.41, 5.74) is 0.838. The normalized spacial score (nSPS) is 11.4. The number of nitrogens with zero attached hydrogens (tertiary/aromatic N) is 3. The largest absolute Gasteiger partial charge is 0.496 e. The summed E-state index contributed by atoms with van der Waals surface area (Å²) >= 11 is 0. The quantitative estimate of drug-likeness (QED) is 0.476. The van der Waals surface area contributed by atoms with E-state index in [1.165, 1.54) is 32.4 Å². The lowest BCUT2D eigenvalue weighted by Crippen LogP contribution is -2.28. The first-order valence-corrected chi connectivity index (χ1v) is 11.7. The van der Waals surface area contributed by atoms with E-state index in [0.29, 0.717) is 24.5 Å². The van der Waals surface area contributed by atoms with E-state index in [-0.39, 0.29) is 28.6 Å². The minimum absolute atomic E-state index is 0.0571. The number of hydrogen-bond acceptors (Lipinski definition) is 8. The van der Waals surface area contributed by atoms with E-state index in [9.17, 15) is 13.2 Å². The van der Waals surface area contributed by atoms with Crippen LogP contribution in [0.15, 0.2) is 51.9 Å². The van der Waals surface area contributed by atoms with E-state index in [1.807, 2.05) is 6.92 Å². The van der Waals surface area contributed by atoms with Crippen molar-refractivity contribution in [2.45, 2.75) is 25.3 Å². The Labute approximate surface area is 192 Å². The Morgan fingerprint density at radius 1 is 1.15 bits per heavy atom. The maximum atomic E-state index is 13.1. The van der Waals surface area contributed by atoms with Gasteiger partial charge in [-0.05, 0) is 56.3 Å². The average Bonchev–Trinajstić information content (AvgIpc) is 3.28. The van der Waals surface area contributed by atoms with Crippen LogP contribution >= 0.6 is 0 Å². The summed E-state index contributed by atoms with van der Waals surface area (Å²) in [4.78, 5) is 16.6. The van der Waals surface area contributed by atoms with Gasteiger partial charge in [-0.25, -0.2) is 8.42 Å². The fourth-order valence-corrected chi connectivity index (χ4v) is 4.19. The molecule has 0 radical (unpaired) electrons. The average molecular weight is 475 g/mol. The lowest BCUT2D eigenvalue weighted by Gasteiger charge is -2.16. The number of hydrogen-bond donors (Lipinski definition) is 1. The molecule has 2 aromatic carbocycles. The number of sulfonamides is 1. The number of ether oxygens (including phenoxy) is 2. The fourth-order valence-electron chi connectivity index (χ4n) is 3.04. The predicted molar refractivity (Wildman–Crippen MR) is 121 cm³/mol. The van der Waals surface area contributed by atoms with Crippen LogP contribution in [0.25, 0.3) is 11.4 Å². The van der Waals surface area contributed by atoms with Crippen molar-refractivity contribution in [2.24, 2.45) is 0 Å². The van der Waals surface area contributed by atoms with Crippen LogP contribution in [-0.4, -0.2) is 56.1 Å². The Kier molecular flexibility index (Phi) is 7.67. The van der Waals surface area contributed by atoms with Crippen molar-refractivity contribution in [3.63, 3.8) is 0 Å². The standard InChI is InChI=1S/C22H26N4O6S/c1-5-23-22(27)18-13-17(11-12-19(18)30-4)33(28,29)26(3)14-20-24-21(25-32-20)15-7-9-16(10-8-15)31-6-2/h7-13H,5-6,14H2,1-4H3,(H,23,27). The highest BCUT2D eigenvalue weighted by Gasteiger charge is 2.25. The molecule has 0 bridgehead atoms. The molecule has 33 heavy (non-hydrogen) atoms. The van der Waals surface area contributed by atoms with Crippen LogP contribution in [0.2, 0.25) is 0 Å². The van der Waals surface area contributed by atoms with Crippen LogP contribution < -0.4 is 14.8 Å². The maximum absolute atomic E-state index is 13.1. The topological polar surface area (TPSA) is 124 Å². The summed E-state index contributed by atoms with van der Waals surface area (Å²) in [7, 11) is -1.14. The molecule has 0 unspecified atom stereocenters. The Bertz CT molecular complexity index is 1210. The molecule has 0 fully saturated rings. The Balaban J connectivity index is 1.79. The zero-order valence-corrected chi connectivity index (χ0v) is 19.7. The van der Waals surface area contributed by atoms with Gasteiger partial charge in [-0.15, -0.1) is 0 Å². The monoisotopic (exact) mass is 474 g/mol. The summed E-state index contributed by atoms with van der Waals surface area (Å²) in [5.74, 6) is 1.04. The number of benzene rings is 2. The molecule has 3 aromatic rings. The van der Waals surface area contributed by atoms with Gasteiger partial charge in [-0.1, -0.05) is 5.16 Å². The minimum atomic E-state index is -3.95. The molecule has 0 aliphatic heterocycles. The number of carbonyl (C=O) groups is 1. The van der Waals surface area contributed by atoms with E-state index in [0.717, 1.165) is 10.1 Å². The molecule has 176 valence electrons. The minimum Gasteiger partial charge on any atom is -0.496 e. The second-order valence-corrected chi connectivity index (χ2v) is 9.00. The van der Waals surface area contributed by atoms with Crippen molar-refractivity contribution in [2.75, 3.05) is 27.3 Å². The second-order valence-electron chi connectivity index (χ2n) is 6.95. The fraction of sp³-hybridized carbons (Fsp3) is 0.318. The first-order chi connectivity index (χ1) is 15.8. The van der Waals surface area contributed by atoms with Crippen molar-refractivity contribution >= 4 is 15.9 Å². The van der Waals surface area contributed by atoms with Gasteiger partial charge in [-0.3, -0.25) is 4.79 Å². The number of methoxy groups -OCH3 is 1. The van der Waals surface area contributed by atoms with Gasteiger partial charge < -0.3 is 19.3 Å². The van der Waals surface area contributed by atoms with Crippen molar-refractivity contribution in [3.05, 3.63) is 53.9 Å². The molecule has 1 aromatic heterocycles.